The molecule has 0 saturated carbocycles. The van der Waals surface area contributed by atoms with E-state index in [0.29, 0.717) is 0 Å². The maximum absolute atomic E-state index is 5.10. The zero-order valence-electron chi connectivity index (χ0n) is 4.11. The van der Waals surface area contributed by atoms with E-state index in [1.807, 2.05) is 12.2 Å². The van der Waals surface area contributed by atoms with Crippen molar-refractivity contribution in [3.8, 4) is 0 Å². The van der Waals surface area contributed by atoms with Gasteiger partial charge in [-0.15, -0.1) is 0 Å². The van der Waals surface area contributed by atoms with Gasteiger partial charge in [0, 0.05) is 0 Å². The molecular formula is C5H6OSe2. The summed E-state index contributed by atoms with van der Waals surface area (Å²) in [5, 5.41) is 0.187. The molecule has 0 aromatic carbocycles. The topological polar surface area (TPSA) is 9.23 Å². The summed E-state index contributed by atoms with van der Waals surface area (Å²) < 4.78 is 6.29. The van der Waals surface area contributed by atoms with Gasteiger partial charge in [0.25, 0.3) is 0 Å². The van der Waals surface area contributed by atoms with E-state index < -0.39 is 0 Å². The second-order valence-electron chi connectivity index (χ2n) is 1.41. The van der Waals surface area contributed by atoms with E-state index in [2.05, 4.69) is 32.0 Å². The molecule has 8 heavy (non-hydrogen) atoms. The molecule has 1 atom stereocenters. The van der Waals surface area contributed by atoms with E-state index in [4.69, 9.17) is 4.74 Å². The fourth-order valence-corrected chi connectivity index (χ4v) is 1.05. The van der Waals surface area contributed by atoms with Gasteiger partial charge in [-0.25, -0.2) is 0 Å². The van der Waals surface area contributed by atoms with Gasteiger partial charge in [0.15, 0.2) is 0 Å². The molecule has 0 fully saturated rings. The van der Waals surface area contributed by atoms with Crippen LogP contribution in [0.2, 0.25) is 0 Å². The van der Waals surface area contributed by atoms with Crippen molar-refractivity contribution in [3.05, 3.63) is 22.9 Å². The Kier molecular flexibility index (Phi) is 2.21. The fourth-order valence-electron chi connectivity index (χ4n) is 0.410. The molecule has 0 radical (unpaired) electrons. The van der Waals surface area contributed by atoms with Gasteiger partial charge >= 0.3 is 64.7 Å². The van der Waals surface area contributed by atoms with E-state index in [1.165, 1.54) is 4.47 Å². The monoisotopic (exact) mass is 242 g/mol. The Hall–Kier alpha value is 0.319. The van der Waals surface area contributed by atoms with Crippen molar-refractivity contribution in [1.82, 2.24) is 0 Å². The van der Waals surface area contributed by atoms with Crippen molar-refractivity contribution in [2.75, 3.05) is 0 Å². The maximum atomic E-state index is 5.10. The summed E-state index contributed by atoms with van der Waals surface area (Å²) >= 11 is 4.92. The third-order valence-electron chi connectivity index (χ3n) is 0.806. The number of allylic oxidation sites excluding steroid dienone is 2. The van der Waals surface area contributed by atoms with Crippen molar-refractivity contribution in [3.63, 3.8) is 0 Å². The second kappa shape index (κ2) is 2.74. The zero-order valence-corrected chi connectivity index (χ0v) is 7.87. The SMILES string of the molecule is [SeH]C1=CC=COC1[SeH]. The van der Waals surface area contributed by atoms with Crippen LogP contribution in [0.5, 0.6) is 0 Å². The third-order valence-corrected chi connectivity index (χ3v) is 3.41. The molecule has 1 heterocycles. The molecule has 0 spiro atoms. The molecule has 1 unspecified atom stereocenters. The van der Waals surface area contributed by atoms with Crippen molar-refractivity contribution in [2.24, 2.45) is 0 Å². The first kappa shape index (κ1) is 6.44. The first-order valence-corrected chi connectivity index (χ1v) is 4.22. The summed E-state index contributed by atoms with van der Waals surface area (Å²) in [4.78, 5) is 0. The van der Waals surface area contributed by atoms with Crippen molar-refractivity contribution in [2.45, 2.75) is 5.00 Å². The van der Waals surface area contributed by atoms with Gasteiger partial charge in [-0.2, -0.15) is 0 Å². The van der Waals surface area contributed by atoms with Crippen LogP contribution in [0.4, 0.5) is 0 Å². The van der Waals surface area contributed by atoms with E-state index in [1.54, 1.807) is 6.26 Å². The van der Waals surface area contributed by atoms with Crippen LogP contribution in [0.15, 0.2) is 22.9 Å². The van der Waals surface area contributed by atoms with Crippen LogP contribution < -0.4 is 0 Å². The van der Waals surface area contributed by atoms with Crippen LogP contribution in [-0.2, 0) is 4.74 Å². The summed E-state index contributed by atoms with van der Waals surface area (Å²) in [6.45, 7) is 0. The predicted octanol–water partition coefficient (Wildman–Crippen LogP) is -0.458. The van der Waals surface area contributed by atoms with Crippen LogP contribution in [0.3, 0.4) is 0 Å². The predicted molar refractivity (Wildman–Crippen MR) is 36.4 cm³/mol. The first-order valence-electron chi connectivity index (χ1n) is 2.20. The third kappa shape index (κ3) is 1.40. The molecular weight excluding hydrogens is 234 g/mol. The van der Waals surface area contributed by atoms with E-state index in [0.717, 1.165) is 0 Å². The van der Waals surface area contributed by atoms with Gasteiger partial charge in [0.05, 0.1) is 0 Å². The van der Waals surface area contributed by atoms with E-state index >= 15 is 0 Å². The minimum atomic E-state index is 0.187. The Balaban J connectivity index is 2.66. The Morgan fingerprint density at radius 1 is 1.62 bits per heavy atom. The molecule has 1 aliphatic heterocycles. The van der Waals surface area contributed by atoms with Crippen molar-refractivity contribution < 1.29 is 4.74 Å². The van der Waals surface area contributed by atoms with E-state index in [9.17, 15) is 0 Å². The van der Waals surface area contributed by atoms with Gasteiger partial charge in [-0.1, -0.05) is 0 Å². The molecule has 3 heteroatoms. The van der Waals surface area contributed by atoms with Crippen molar-refractivity contribution >= 4 is 32.0 Å². The van der Waals surface area contributed by atoms with Crippen LogP contribution >= 0.6 is 0 Å². The summed E-state index contributed by atoms with van der Waals surface area (Å²) in [6, 6.07) is 0. The quantitative estimate of drug-likeness (QED) is 0.521. The van der Waals surface area contributed by atoms with Crippen molar-refractivity contribution in [1.29, 1.82) is 0 Å². The number of ether oxygens (including phenoxy) is 1. The second-order valence-corrected chi connectivity index (χ2v) is 3.48. The summed E-state index contributed by atoms with van der Waals surface area (Å²) in [5.74, 6) is 0. The van der Waals surface area contributed by atoms with Crippen LogP contribution in [0, 0.1) is 0 Å². The summed E-state index contributed by atoms with van der Waals surface area (Å²) in [7, 11) is 0. The van der Waals surface area contributed by atoms with Gasteiger partial charge in [0.1, 0.15) is 0 Å². The molecule has 1 rings (SSSR count). The average molecular weight is 240 g/mol. The normalized spacial score (nSPS) is 26.8. The molecule has 0 aromatic rings. The first-order chi connectivity index (χ1) is 3.80. The molecule has 0 bridgehead atoms. The van der Waals surface area contributed by atoms with E-state index in [-0.39, 0.29) is 5.00 Å². The average Bonchev–Trinajstić information content (AvgIpc) is 1.77. The number of rotatable bonds is 0. The molecule has 1 aliphatic rings. The fraction of sp³-hybridized carbons (Fsp3) is 0.200. The Labute approximate surface area is 64.8 Å². The molecule has 0 aliphatic carbocycles. The number of hydrogen-bond donors (Lipinski definition) is 0. The molecule has 0 saturated heterocycles. The van der Waals surface area contributed by atoms with Crippen LogP contribution in [0.25, 0.3) is 0 Å². The molecule has 0 amide bonds. The zero-order chi connectivity index (χ0) is 5.98. The van der Waals surface area contributed by atoms with Gasteiger partial charge in [0.2, 0.25) is 0 Å². The van der Waals surface area contributed by atoms with Gasteiger partial charge < -0.3 is 0 Å². The molecule has 44 valence electrons. The Morgan fingerprint density at radius 2 is 2.38 bits per heavy atom. The standard InChI is InChI=1S/C5H6OSe2/c7-4-2-1-3-6-5(4)8/h1-3,5,7-8H. The minimum absolute atomic E-state index is 0.187. The summed E-state index contributed by atoms with van der Waals surface area (Å²) in [5.41, 5.74) is 0. The Bertz CT molecular complexity index is 139. The summed E-state index contributed by atoms with van der Waals surface area (Å²) in [6.07, 6.45) is 5.60. The molecule has 0 aromatic heterocycles. The van der Waals surface area contributed by atoms with Gasteiger partial charge in [-0.05, 0) is 0 Å². The number of hydrogen-bond acceptors (Lipinski definition) is 1. The van der Waals surface area contributed by atoms with Gasteiger partial charge in [-0.3, -0.25) is 0 Å². The Morgan fingerprint density at radius 3 is 2.75 bits per heavy atom. The molecule has 1 nitrogen and oxygen atoms in total. The molecule has 0 N–H and O–H groups in total. The van der Waals surface area contributed by atoms with Crippen LogP contribution in [-0.4, -0.2) is 37.0 Å². The van der Waals surface area contributed by atoms with Crippen LogP contribution in [0.1, 0.15) is 0 Å².